The molecule has 0 aromatic heterocycles. The molecule has 0 bridgehead atoms. The van der Waals surface area contributed by atoms with Gasteiger partial charge in [0.05, 0.1) is 13.2 Å². The highest BCUT2D eigenvalue weighted by atomic mass is 16.5. The Kier molecular flexibility index (Phi) is 5.98. The van der Waals surface area contributed by atoms with Crippen molar-refractivity contribution in [1.29, 1.82) is 0 Å². The smallest absolute Gasteiger partial charge is 0.119 e. The van der Waals surface area contributed by atoms with Crippen LogP contribution in [0.2, 0.25) is 0 Å². The first-order chi connectivity index (χ1) is 9.34. The third-order valence-corrected chi connectivity index (χ3v) is 3.33. The van der Waals surface area contributed by atoms with E-state index < -0.39 is 0 Å². The van der Waals surface area contributed by atoms with Crippen LogP contribution in [-0.4, -0.2) is 32.9 Å². The standard InChI is InChI=1S/C15H24N2O2/c16-14-4-6-15(7-5-14)19-10-2-9-18-12-13-3-1-8-17-11-13/h4-7,13,17H,1-3,8-12,16H2. The lowest BCUT2D eigenvalue weighted by molar-refractivity contribution is 0.0807. The van der Waals surface area contributed by atoms with E-state index in [1.165, 1.54) is 12.8 Å². The molecule has 1 fully saturated rings. The summed E-state index contributed by atoms with van der Waals surface area (Å²) in [7, 11) is 0. The van der Waals surface area contributed by atoms with Crippen LogP contribution in [0.1, 0.15) is 19.3 Å². The maximum atomic E-state index is 5.69. The summed E-state index contributed by atoms with van der Waals surface area (Å²) in [4.78, 5) is 0. The van der Waals surface area contributed by atoms with Gasteiger partial charge in [0.25, 0.3) is 0 Å². The number of anilines is 1. The SMILES string of the molecule is Nc1ccc(OCCCOCC2CCCNC2)cc1. The Labute approximate surface area is 115 Å². The van der Waals surface area contributed by atoms with Crippen molar-refractivity contribution < 1.29 is 9.47 Å². The van der Waals surface area contributed by atoms with Crippen molar-refractivity contribution in [3.05, 3.63) is 24.3 Å². The summed E-state index contributed by atoms with van der Waals surface area (Å²) in [5, 5.41) is 3.40. The van der Waals surface area contributed by atoms with Gasteiger partial charge in [0.2, 0.25) is 0 Å². The molecule has 1 aliphatic rings. The van der Waals surface area contributed by atoms with Crippen LogP contribution in [-0.2, 0) is 4.74 Å². The molecule has 1 heterocycles. The fraction of sp³-hybridized carbons (Fsp3) is 0.600. The molecule has 1 saturated heterocycles. The normalized spacial score (nSPS) is 19.3. The van der Waals surface area contributed by atoms with Gasteiger partial charge in [0.1, 0.15) is 5.75 Å². The maximum Gasteiger partial charge on any atom is 0.119 e. The van der Waals surface area contributed by atoms with Gasteiger partial charge in [0.15, 0.2) is 0 Å². The molecule has 1 aromatic rings. The molecule has 0 saturated carbocycles. The largest absolute Gasteiger partial charge is 0.494 e. The van der Waals surface area contributed by atoms with Crippen molar-refractivity contribution >= 4 is 5.69 Å². The maximum absolute atomic E-state index is 5.69. The molecule has 2 rings (SSSR count). The van der Waals surface area contributed by atoms with Gasteiger partial charge in [-0.1, -0.05) is 0 Å². The van der Waals surface area contributed by atoms with Gasteiger partial charge in [-0.05, 0) is 49.6 Å². The zero-order chi connectivity index (χ0) is 13.3. The van der Waals surface area contributed by atoms with Crippen LogP contribution in [0.4, 0.5) is 5.69 Å². The lowest BCUT2D eigenvalue weighted by Gasteiger charge is -2.22. The minimum Gasteiger partial charge on any atom is -0.494 e. The number of piperidine rings is 1. The summed E-state index contributed by atoms with van der Waals surface area (Å²) < 4.78 is 11.3. The average Bonchev–Trinajstić information content (AvgIpc) is 2.46. The molecule has 3 N–H and O–H groups in total. The summed E-state index contributed by atoms with van der Waals surface area (Å²) in [6, 6.07) is 7.48. The van der Waals surface area contributed by atoms with E-state index in [-0.39, 0.29) is 0 Å². The van der Waals surface area contributed by atoms with Crippen molar-refractivity contribution in [3.63, 3.8) is 0 Å². The van der Waals surface area contributed by atoms with Gasteiger partial charge >= 0.3 is 0 Å². The average molecular weight is 264 g/mol. The topological polar surface area (TPSA) is 56.5 Å². The molecule has 0 aliphatic carbocycles. The van der Waals surface area contributed by atoms with Crippen molar-refractivity contribution in [2.24, 2.45) is 5.92 Å². The summed E-state index contributed by atoms with van der Waals surface area (Å²) in [5.74, 6) is 1.55. The molecule has 4 nitrogen and oxygen atoms in total. The zero-order valence-electron chi connectivity index (χ0n) is 11.4. The quantitative estimate of drug-likeness (QED) is 0.584. The molecule has 0 amide bonds. The first-order valence-electron chi connectivity index (χ1n) is 7.11. The molecular formula is C15H24N2O2. The summed E-state index contributed by atoms with van der Waals surface area (Å²) in [5.41, 5.74) is 6.37. The third-order valence-electron chi connectivity index (χ3n) is 3.33. The molecule has 0 radical (unpaired) electrons. The highest BCUT2D eigenvalue weighted by Crippen LogP contribution is 2.13. The predicted molar refractivity (Wildman–Crippen MR) is 77.4 cm³/mol. The number of nitrogens with two attached hydrogens (primary N) is 1. The lowest BCUT2D eigenvalue weighted by atomic mass is 10.0. The Balaban J connectivity index is 1.49. The van der Waals surface area contributed by atoms with Crippen LogP contribution in [0.3, 0.4) is 0 Å². The molecule has 106 valence electrons. The number of nitrogen functional groups attached to an aromatic ring is 1. The van der Waals surface area contributed by atoms with Gasteiger partial charge in [-0.15, -0.1) is 0 Å². The molecule has 4 heteroatoms. The molecule has 0 spiro atoms. The van der Waals surface area contributed by atoms with E-state index in [9.17, 15) is 0 Å². The van der Waals surface area contributed by atoms with Crippen molar-refractivity contribution in [2.45, 2.75) is 19.3 Å². The zero-order valence-corrected chi connectivity index (χ0v) is 11.4. The third kappa shape index (κ3) is 5.49. The van der Waals surface area contributed by atoms with Crippen LogP contribution in [0.25, 0.3) is 0 Å². The Morgan fingerprint density at radius 3 is 2.79 bits per heavy atom. The predicted octanol–water partition coefficient (Wildman–Crippen LogP) is 2.05. The molecule has 19 heavy (non-hydrogen) atoms. The first kappa shape index (κ1) is 14.2. The Hall–Kier alpha value is -1.26. The summed E-state index contributed by atoms with van der Waals surface area (Å²) in [6.45, 7) is 4.58. The monoisotopic (exact) mass is 264 g/mol. The fourth-order valence-electron chi connectivity index (χ4n) is 2.23. The van der Waals surface area contributed by atoms with Crippen LogP contribution in [0.5, 0.6) is 5.75 Å². The van der Waals surface area contributed by atoms with Crippen molar-refractivity contribution in [2.75, 3.05) is 38.6 Å². The first-order valence-corrected chi connectivity index (χ1v) is 7.11. The second-order valence-corrected chi connectivity index (χ2v) is 5.06. The van der Waals surface area contributed by atoms with Gasteiger partial charge in [-0.2, -0.15) is 0 Å². The molecule has 1 unspecified atom stereocenters. The van der Waals surface area contributed by atoms with E-state index in [0.29, 0.717) is 12.5 Å². The molecular weight excluding hydrogens is 240 g/mol. The van der Waals surface area contributed by atoms with Crippen molar-refractivity contribution in [3.8, 4) is 5.75 Å². The van der Waals surface area contributed by atoms with Crippen LogP contribution in [0.15, 0.2) is 24.3 Å². The van der Waals surface area contributed by atoms with E-state index in [0.717, 1.165) is 44.2 Å². The Morgan fingerprint density at radius 1 is 1.21 bits per heavy atom. The van der Waals surface area contributed by atoms with E-state index in [1.807, 2.05) is 24.3 Å². The minimum atomic E-state index is 0.687. The van der Waals surface area contributed by atoms with Crippen molar-refractivity contribution in [1.82, 2.24) is 5.32 Å². The van der Waals surface area contributed by atoms with Crippen LogP contribution in [0, 0.1) is 5.92 Å². The van der Waals surface area contributed by atoms with E-state index in [2.05, 4.69) is 5.32 Å². The van der Waals surface area contributed by atoms with Gasteiger partial charge in [-0.25, -0.2) is 0 Å². The summed E-state index contributed by atoms with van der Waals surface area (Å²) >= 11 is 0. The summed E-state index contributed by atoms with van der Waals surface area (Å²) in [6.07, 6.45) is 3.48. The Bertz CT molecular complexity index is 348. The number of benzene rings is 1. The van der Waals surface area contributed by atoms with E-state index in [4.69, 9.17) is 15.2 Å². The Morgan fingerprint density at radius 2 is 2.05 bits per heavy atom. The van der Waals surface area contributed by atoms with Crippen LogP contribution >= 0.6 is 0 Å². The second-order valence-electron chi connectivity index (χ2n) is 5.06. The fourth-order valence-corrected chi connectivity index (χ4v) is 2.23. The number of rotatable bonds is 7. The van der Waals surface area contributed by atoms with Gasteiger partial charge < -0.3 is 20.5 Å². The molecule has 1 atom stereocenters. The minimum absolute atomic E-state index is 0.687. The highest BCUT2D eigenvalue weighted by Gasteiger charge is 2.12. The van der Waals surface area contributed by atoms with Gasteiger partial charge in [0, 0.05) is 25.3 Å². The van der Waals surface area contributed by atoms with Crippen LogP contribution < -0.4 is 15.8 Å². The highest BCUT2D eigenvalue weighted by molar-refractivity contribution is 5.41. The van der Waals surface area contributed by atoms with E-state index in [1.54, 1.807) is 0 Å². The number of hydrogen-bond acceptors (Lipinski definition) is 4. The van der Waals surface area contributed by atoms with E-state index >= 15 is 0 Å². The molecule has 1 aliphatic heterocycles. The number of ether oxygens (including phenoxy) is 2. The lowest BCUT2D eigenvalue weighted by Crippen LogP contribution is -2.32. The molecule has 1 aromatic carbocycles. The second kappa shape index (κ2) is 8.02. The van der Waals surface area contributed by atoms with Gasteiger partial charge in [-0.3, -0.25) is 0 Å². The number of hydrogen-bond donors (Lipinski definition) is 2. The number of nitrogens with one attached hydrogen (secondary N) is 1.